The average molecular weight is 417 g/mol. The predicted octanol–water partition coefficient (Wildman–Crippen LogP) is 5.09. The van der Waals surface area contributed by atoms with Gasteiger partial charge in [0.2, 0.25) is 0 Å². The second-order valence-corrected chi connectivity index (χ2v) is 7.43. The molecule has 0 aliphatic heterocycles. The Labute approximate surface area is 178 Å². The maximum Gasteiger partial charge on any atom is 0.264 e. The first-order valence-electron chi connectivity index (χ1n) is 10.0. The molecule has 2 aromatic carbocycles. The Kier molecular flexibility index (Phi) is 4.20. The van der Waals surface area contributed by atoms with Crippen molar-refractivity contribution in [1.82, 2.24) is 19.5 Å². The molecule has 3 aromatic heterocycles. The summed E-state index contributed by atoms with van der Waals surface area (Å²) in [5, 5.41) is 5.04. The van der Waals surface area contributed by atoms with Crippen molar-refractivity contribution in [2.75, 3.05) is 5.32 Å². The molecule has 2 N–H and O–H groups in total. The second kappa shape index (κ2) is 7.31. The highest BCUT2D eigenvalue weighted by Gasteiger charge is 2.19. The van der Waals surface area contributed by atoms with E-state index in [4.69, 9.17) is 13.0 Å². The highest BCUT2D eigenvalue weighted by atomic mass is 35.5. The molecule has 0 amide bonds. The summed E-state index contributed by atoms with van der Waals surface area (Å²) in [6.45, 7) is 1.96. The van der Waals surface area contributed by atoms with Gasteiger partial charge in [-0.1, -0.05) is 41.9 Å². The standard InChI is InChI=1S/C23H18ClN5O/c1-14(28-22-21-18(10-11-25-22)26-13-27-21)19-12-15-6-5-9-17(24)20(15)23(30)29(19)16-7-3-2-4-8-16/h2-14H,1H3,(H,25,28)(H,26,27)/t14-/m0/s1/i13D. The summed E-state index contributed by atoms with van der Waals surface area (Å²) >= 11 is 6.38. The smallest absolute Gasteiger partial charge is 0.264 e. The lowest BCUT2D eigenvalue weighted by molar-refractivity contribution is 0.774. The van der Waals surface area contributed by atoms with Crippen molar-refractivity contribution in [2.45, 2.75) is 13.0 Å². The maximum atomic E-state index is 13.5. The molecule has 148 valence electrons. The van der Waals surface area contributed by atoms with Gasteiger partial charge in [-0.3, -0.25) is 9.36 Å². The van der Waals surface area contributed by atoms with E-state index >= 15 is 0 Å². The van der Waals surface area contributed by atoms with Crippen LogP contribution in [0.25, 0.3) is 27.5 Å². The topological polar surface area (TPSA) is 75.6 Å². The normalized spacial score (nSPS) is 12.8. The van der Waals surface area contributed by atoms with E-state index in [9.17, 15) is 4.79 Å². The van der Waals surface area contributed by atoms with Crippen LogP contribution in [0.15, 0.2) is 78.0 Å². The van der Waals surface area contributed by atoms with Crippen LogP contribution in [0.3, 0.4) is 0 Å². The molecule has 0 radical (unpaired) electrons. The van der Waals surface area contributed by atoms with Gasteiger partial charge in [-0.15, -0.1) is 0 Å². The quantitative estimate of drug-likeness (QED) is 0.428. The zero-order chi connectivity index (χ0) is 21.5. The molecule has 7 heteroatoms. The highest BCUT2D eigenvalue weighted by molar-refractivity contribution is 6.35. The third-order valence-corrected chi connectivity index (χ3v) is 5.43. The van der Waals surface area contributed by atoms with Crippen molar-refractivity contribution < 1.29 is 1.37 Å². The fourth-order valence-corrected chi connectivity index (χ4v) is 3.96. The van der Waals surface area contributed by atoms with Crippen LogP contribution in [0.2, 0.25) is 5.02 Å². The van der Waals surface area contributed by atoms with E-state index in [0.29, 0.717) is 21.7 Å². The van der Waals surface area contributed by atoms with Crippen molar-refractivity contribution in [3.63, 3.8) is 0 Å². The van der Waals surface area contributed by atoms with Crippen LogP contribution in [-0.2, 0) is 0 Å². The van der Waals surface area contributed by atoms with E-state index in [1.165, 1.54) is 0 Å². The summed E-state index contributed by atoms with van der Waals surface area (Å²) in [5.74, 6) is 0.540. The fraction of sp³-hybridized carbons (Fsp3) is 0.0870. The first-order valence-corrected chi connectivity index (χ1v) is 9.88. The molecular formula is C23H18ClN5O. The van der Waals surface area contributed by atoms with Gasteiger partial charge in [0.05, 0.1) is 28.3 Å². The predicted molar refractivity (Wildman–Crippen MR) is 120 cm³/mol. The van der Waals surface area contributed by atoms with Gasteiger partial charge in [0.1, 0.15) is 6.89 Å². The van der Waals surface area contributed by atoms with Crippen LogP contribution in [0, 0.1) is 0 Å². The Morgan fingerprint density at radius 3 is 2.80 bits per heavy atom. The van der Waals surface area contributed by atoms with Crippen molar-refractivity contribution in [1.29, 1.82) is 0 Å². The Morgan fingerprint density at radius 2 is 1.97 bits per heavy atom. The number of nitrogens with one attached hydrogen (secondary N) is 2. The van der Waals surface area contributed by atoms with Gasteiger partial charge in [-0.05, 0) is 42.6 Å². The van der Waals surface area contributed by atoms with Crippen molar-refractivity contribution in [3.05, 3.63) is 94.2 Å². The average Bonchev–Trinajstić information content (AvgIpc) is 3.15. The zero-order valence-corrected chi connectivity index (χ0v) is 16.8. The number of rotatable bonds is 4. The lowest BCUT2D eigenvalue weighted by Crippen LogP contribution is -2.25. The molecule has 5 aromatic rings. The van der Waals surface area contributed by atoms with Crippen LogP contribution < -0.4 is 10.9 Å². The number of imidazole rings is 1. The molecule has 1 atom stereocenters. The minimum atomic E-state index is -0.291. The van der Waals surface area contributed by atoms with Crippen LogP contribution in [0.1, 0.15) is 20.0 Å². The SMILES string of the molecule is [2H]c1nc2c(N[C@@H](C)c3cc4cccc(Cl)c4c(=O)n3-c3ccccc3)nccc2[nH]1. The van der Waals surface area contributed by atoms with Gasteiger partial charge in [-0.25, -0.2) is 9.97 Å². The minimum Gasteiger partial charge on any atom is -0.360 e. The van der Waals surface area contributed by atoms with Crippen molar-refractivity contribution in [3.8, 4) is 5.69 Å². The Hall–Kier alpha value is -3.64. The van der Waals surface area contributed by atoms with E-state index in [1.54, 1.807) is 22.9 Å². The number of aromatic nitrogens is 4. The van der Waals surface area contributed by atoms with Gasteiger partial charge >= 0.3 is 0 Å². The molecule has 0 spiro atoms. The zero-order valence-electron chi connectivity index (χ0n) is 17.1. The third kappa shape index (κ3) is 3.02. The summed E-state index contributed by atoms with van der Waals surface area (Å²) in [6, 6.07) is 18.4. The van der Waals surface area contributed by atoms with Crippen LogP contribution >= 0.6 is 11.6 Å². The number of nitrogens with zero attached hydrogens (tertiary/aromatic N) is 3. The number of H-pyrrole nitrogens is 1. The largest absolute Gasteiger partial charge is 0.360 e. The number of fused-ring (bicyclic) bond motifs is 2. The third-order valence-electron chi connectivity index (χ3n) is 5.12. The van der Waals surface area contributed by atoms with Gasteiger partial charge < -0.3 is 10.3 Å². The first kappa shape index (κ1) is 17.2. The lowest BCUT2D eigenvalue weighted by atomic mass is 10.1. The molecule has 0 unspecified atom stereocenters. The number of halogens is 1. The fourth-order valence-electron chi connectivity index (χ4n) is 3.70. The Bertz CT molecular complexity index is 1480. The first-order chi connectivity index (χ1) is 15.0. The molecule has 6 nitrogen and oxygen atoms in total. The molecule has 0 saturated heterocycles. The second-order valence-electron chi connectivity index (χ2n) is 7.02. The molecule has 0 saturated carbocycles. The van der Waals surface area contributed by atoms with Crippen LogP contribution in [-0.4, -0.2) is 19.5 Å². The number of benzene rings is 2. The van der Waals surface area contributed by atoms with Gasteiger partial charge in [-0.2, -0.15) is 0 Å². The summed E-state index contributed by atoms with van der Waals surface area (Å²) in [7, 11) is 0. The van der Waals surface area contributed by atoms with E-state index in [-0.39, 0.29) is 17.9 Å². The van der Waals surface area contributed by atoms with Crippen molar-refractivity contribution >= 4 is 39.2 Å². The molecule has 3 heterocycles. The van der Waals surface area contributed by atoms with Gasteiger partial charge in [0, 0.05) is 17.6 Å². The highest BCUT2D eigenvalue weighted by Crippen LogP contribution is 2.28. The molecule has 0 aliphatic rings. The molecule has 5 rings (SSSR count). The van der Waals surface area contributed by atoms with E-state index in [2.05, 4.69) is 20.3 Å². The van der Waals surface area contributed by atoms with Gasteiger partial charge in [0.15, 0.2) is 5.82 Å². The van der Waals surface area contributed by atoms with Gasteiger partial charge in [0.25, 0.3) is 5.56 Å². The number of hydrogen-bond donors (Lipinski definition) is 2. The molecular weight excluding hydrogens is 398 g/mol. The van der Waals surface area contributed by atoms with E-state index < -0.39 is 0 Å². The monoisotopic (exact) mass is 416 g/mol. The molecule has 0 bridgehead atoms. The summed E-state index contributed by atoms with van der Waals surface area (Å²) in [4.78, 5) is 25.1. The van der Waals surface area contributed by atoms with Crippen LogP contribution in [0.4, 0.5) is 5.82 Å². The molecule has 0 aliphatic carbocycles. The van der Waals surface area contributed by atoms with Crippen molar-refractivity contribution in [2.24, 2.45) is 0 Å². The van der Waals surface area contributed by atoms with E-state index in [1.807, 2.05) is 55.5 Å². The Balaban J connectivity index is 1.70. The number of pyridine rings is 2. The number of anilines is 1. The summed E-state index contributed by atoms with van der Waals surface area (Å²) in [5.41, 5.74) is 2.62. The van der Waals surface area contributed by atoms with E-state index in [0.717, 1.165) is 22.3 Å². The summed E-state index contributed by atoms with van der Waals surface area (Å²) < 4.78 is 9.44. The maximum absolute atomic E-state index is 13.5. The minimum absolute atomic E-state index is 0.0697. The summed E-state index contributed by atoms with van der Waals surface area (Å²) in [6.07, 6.45) is 1.72. The Morgan fingerprint density at radius 1 is 1.13 bits per heavy atom. The number of aromatic amines is 1. The molecule has 30 heavy (non-hydrogen) atoms. The van der Waals surface area contributed by atoms with Crippen LogP contribution in [0.5, 0.6) is 0 Å². The number of para-hydroxylation sites is 1. The lowest BCUT2D eigenvalue weighted by Gasteiger charge is -2.21. The number of hydrogen-bond acceptors (Lipinski definition) is 4. The molecule has 0 fully saturated rings.